The number of nitrogen functional groups attached to an aromatic ring is 1. The number of imidazole rings is 1. The Bertz CT molecular complexity index is 551. The summed E-state index contributed by atoms with van der Waals surface area (Å²) in [5.74, 6) is 1.41. The number of nitrogens with zero attached hydrogens (tertiary/aromatic N) is 6. The van der Waals surface area contributed by atoms with Crippen molar-refractivity contribution >= 4 is 11.9 Å². The Labute approximate surface area is 111 Å². The molecule has 1 aliphatic rings. The molecule has 1 unspecified atom stereocenters. The molecular weight excluding hydrogens is 242 g/mol. The van der Waals surface area contributed by atoms with Gasteiger partial charge in [0.2, 0.25) is 17.8 Å². The minimum atomic E-state index is 0.242. The van der Waals surface area contributed by atoms with E-state index in [1.54, 1.807) is 23.3 Å². The molecule has 1 aliphatic heterocycles. The molecule has 0 aliphatic carbocycles. The summed E-state index contributed by atoms with van der Waals surface area (Å²) in [6.07, 6.45) is 8.70. The van der Waals surface area contributed by atoms with E-state index in [2.05, 4.69) is 31.8 Å². The molecule has 19 heavy (non-hydrogen) atoms. The Hall–Kier alpha value is -2.18. The molecule has 100 valence electrons. The van der Waals surface area contributed by atoms with Gasteiger partial charge in [0.15, 0.2) is 0 Å². The first kappa shape index (κ1) is 11.9. The summed E-state index contributed by atoms with van der Waals surface area (Å²) < 4.78 is 1.73. The molecule has 3 heterocycles. The van der Waals surface area contributed by atoms with Gasteiger partial charge in [0.1, 0.15) is 6.33 Å². The van der Waals surface area contributed by atoms with E-state index in [0.29, 0.717) is 17.9 Å². The molecule has 2 aromatic heterocycles. The third-order valence-electron chi connectivity index (χ3n) is 3.42. The van der Waals surface area contributed by atoms with Gasteiger partial charge < -0.3 is 10.6 Å². The van der Waals surface area contributed by atoms with E-state index in [1.807, 2.05) is 0 Å². The molecular formula is C12H17N7. The predicted molar refractivity (Wildman–Crippen MR) is 72.0 cm³/mol. The number of anilines is 2. The summed E-state index contributed by atoms with van der Waals surface area (Å²) in [6, 6.07) is 0.436. The Morgan fingerprint density at radius 3 is 2.79 bits per heavy atom. The fourth-order valence-corrected chi connectivity index (χ4v) is 2.39. The fraction of sp³-hybridized carbons (Fsp3) is 0.500. The van der Waals surface area contributed by atoms with Crippen LogP contribution in [0.2, 0.25) is 0 Å². The van der Waals surface area contributed by atoms with Crippen molar-refractivity contribution in [1.82, 2.24) is 24.5 Å². The summed E-state index contributed by atoms with van der Waals surface area (Å²) in [5, 5.41) is 0. The zero-order valence-corrected chi connectivity index (χ0v) is 10.9. The van der Waals surface area contributed by atoms with E-state index in [-0.39, 0.29) is 5.95 Å². The van der Waals surface area contributed by atoms with Gasteiger partial charge >= 0.3 is 0 Å². The van der Waals surface area contributed by atoms with Crippen LogP contribution in [0.25, 0.3) is 5.95 Å². The van der Waals surface area contributed by atoms with Crippen molar-refractivity contribution < 1.29 is 0 Å². The molecule has 7 nitrogen and oxygen atoms in total. The zero-order valence-electron chi connectivity index (χ0n) is 10.9. The van der Waals surface area contributed by atoms with Gasteiger partial charge in [-0.3, -0.25) is 4.57 Å². The van der Waals surface area contributed by atoms with Gasteiger partial charge in [0.05, 0.1) is 0 Å². The van der Waals surface area contributed by atoms with Gasteiger partial charge in [0, 0.05) is 25.0 Å². The smallest absolute Gasteiger partial charge is 0.241 e. The van der Waals surface area contributed by atoms with Crippen LogP contribution in [0.3, 0.4) is 0 Å². The van der Waals surface area contributed by atoms with E-state index in [4.69, 9.17) is 5.73 Å². The summed E-state index contributed by atoms with van der Waals surface area (Å²) in [4.78, 5) is 19.1. The highest BCUT2D eigenvalue weighted by molar-refractivity contribution is 5.39. The normalized spacial score (nSPS) is 19.6. The lowest BCUT2D eigenvalue weighted by molar-refractivity contribution is 0.476. The largest absolute Gasteiger partial charge is 0.368 e. The van der Waals surface area contributed by atoms with E-state index >= 15 is 0 Å². The lowest BCUT2D eigenvalue weighted by atomic mass is 10.0. The van der Waals surface area contributed by atoms with Gasteiger partial charge in [0.25, 0.3) is 0 Å². The van der Waals surface area contributed by atoms with Crippen molar-refractivity contribution in [2.24, 2.45) is 0 Å². The Morgan fingerprint density at radius 2 is 2.05 bits per heavy atom. The Morgan fingerprint density at radius 1 is 1.21 bits per heavy atom. The van der Waals surface area contributed by atoms with Crippen LogP contribution in [0.15, 0.2) is 18.7 Å². The predicted octanol–water partition coefficient (Wildman–Crippen LogP) is 1.02. The second-order valence-electron chi connectivity index (χ2n) is 4.80. The van der Waals surface area contributed by atoms with Crippen LogP contribution in [-0.4, -0.2) is 37.1 Å². The average Bonchev–Trinajstić information content (AvgIpc) is 2.92. The lowest BCUT2D eigenvalue weighted by Crippen LogP contribution is -2.39. The quantitative estimate of drug-likeness (QED) is 0.866. The minimum Gasteiger partial charge on any atom is -0.368 e. The fourth-order valence-electron chi connectivity index (χ4n) is 2.39. The molecule has 0 bridgehead atoms. The molecule has 1 saturated heterocycles. The van der Waals surface area contributed by atoms with Crippen LogP contribution in [0.1, 0.15) is 26.2 Å². The van der Waals surface area contributed by atoms with Gasteiger partial charge in [-0.05, 0) is 26.2 Å². The van der Waals surface area contributed by atoms with Gasteiger partial charge in [-0.15, -0.1) is 0 Å². The van der Waals surface area contributed by atoms with Crippen molar-refractivity contribution in [2.45, 2.75) is 32.2 Å². The highest BCUT2D eigenvalue weighted by Crippen LogP contribution is 2.22. The number of piperidine rings is 1. The molecule has 3 rings (SSSR count). The van der Waals surface area contributed by atoms with Crippen LogP contribution in [0.5, 0.6) is 0 Å². The summed E-state index contributed by atoms with van der Waals surface area (Å²) >= 11 is 0. The molecule has 1 fully saturated rings. The molecule has 7 heteroatoms. The SMILES string of the molecule is CC1CCCCN1c1nc(N)nc(-n2ccnc2)n1. The first-order valence-corrected chi connectivity index (χ1v) is 6.50. The molecule has 2 N–H and O–H groups in total. The number of hydrogen-bond donors (Lipinski definition) is 1. The number of nitrogens with two attached hydrogens (primary N) is 1. The van der Waals surface area contributed by atoms with Crippen molar-refractivity contribution in [3.8, 4) is 5.95 Å². The molecule has 1 atom stereocenters. The van der Waals surface area contributed by atoms with Gasteiger partial charge in [-0.1, -0.05) is 0 Å². The monoisotopic (exact) mass is 259 g/mol. The third kappa shape index (κ3) is 2.35. The van der Waals surface area contributed by atoms with Gasteiger partial charge in [-0.2, -0.15) is 15.0 Å². The van der Waals surface area contributed by atoms with Crippen LogP contribution >= 0.6 is 0 Å². The zero-order chi connectivity index (χ0) is 13.2. The van der Waals surface area contributed by atoms with E-state index in [9.17, 15) is 0 Å². The van der Waals surface area contributed by atoms with Gasteiger partial charge in [-0.25, -0.2) is 4.98 Å². The molecule has 0 spiro atoms. The lowest BCUT2D eigenvalue weighted by Gasteiger charge is -2.33. The van der Waals surface area contributed by atoms with Crippen LogP contribution in [0.4, 0.5) is 11.9 Å². The van der Waals surface area contributed by atoms with Crippen LogP contribution < -0.4 is 10.6 Å². The molecule has 0 amide bonds. The van der Waals surface area contributed by atoms with Crippen molar-refractivity contribution in [2.75, 3.05) is 17.2 Å². The number of rotatable bonds is 2. The van der Waals surface area contributed by atoms with Crippen LogP contribution in [-0.2, 0) is 0 Å². The molecule has 0 aromatic carbocycles. The maximum Gasteiger partial charge on any atom is 0.241 e. The molecule has 0 saturated carbocycles. The maximum atomic E-state index is 5.79. The summed E-state index contributed by atoms with van der Waals surface area (Å²) in [6.45, 7) is 3.16. The topological polar surface area (TPSA) is 85.8 Å². The summed E-state index contributed by atoms with van der Waals surface area (Å²) in [7, 11) is 0. The number of hydrogen-bond acceptors (Lipinski definition) is 6. The van der Waals surface area contributed by atoms with E-state index in [0.717, 1.165) is 19.4 Å². The summed E-state index contributed by atoms with van der Waals surface area (Å²) in [5.41, 5.74) is 5.79. The van der Waals surface area contributed by atoms with Crippen molar-refractivity contribution in [1.29, 1.82) is 0 Å². The molecule has 2 aromatic rings. The van der Waals surface area contributed by atoms with E-state index < -0.39 is 0 Å². The standard InChI is InChI=1S/C12H17N7/c1-9-4-2-3-6-19(9)12-16-10(13)15-11(17-12)18-7-5-14-8-18/h5,7-9H,2-4,6H2,1H3,(H2,13,15,16,17). The Balaban J connectivity index is 1.97. The Kier molecular flexibility index (Phi) is 3.02. The maximum absolute atomic E-state index is 5.79. The first-order valence-electron chi connectivity index (χ1n) is 6.50. The second kappa shape index (κ2) is 4.83. The number of aromatic nitrogens is 5. The highest BCUT2D eigenvalue weighted by atomic mass is 15.3. The van der Waals surface area contributed by atoms with E-state index in [1.165, 1.54) is 6.42 Å². The second-order valence-corrected chi connectivity index (χ2v) is 4.80. The average molecular weight is 259 g/mol. The first-order chi connectivity index (χ1) is 9.24. The third-order valence-corrected chi connectivity index (χ3v) is 3.42. The van der Waals surface area contributed by atoms with Crippen LogP contribution in [0, 0.1) is 0 Å². The van der Waals surface area contributed by atoms with Crippen molar-refractivity contribution in [3.05, 3.63) is 18.7 Å². The van der Waals surface area contributed by atoms with Crippen molar-refractivity contribution in [3.63, 3.8) is 0 Å². The highest BCUT2D eigenvalue weighted by Gasteiger charge is 2.22. The molecule has 0 radical (unpaired) electrons. The minimum absolute atomic E-state index is 0.242.